The van der Waals surface area contributed by atoms with E-state index >= 15 is 0 Å². The molecule has 9 rings (SSSR count). The van der Waals surface area contributed by atoms with Crippen LogP contribution in [0.25, 0.3) is 88.0 Å². The van der Waals surface area contributed by atoms with Crippen molar-refractivity contribution in [2.24, 2.45) is 0 Å². The van der Waals surface area contributed by atoms with Gasteiger partial charge in [0.25, 0.3) is 0 Å². The molecule has 0 N–H and O–H groups in total. The van der Waals surface area contributed by atoms with Gasteiger partial charge in [0.2, 0.25) is 0 Å². The van der Waals surface area contributed by atoms with Crippen molar-refractivity contribution in [1.82, 2.24) is 0 Å². The Hall–Kier alpha value is -6.24. The van der Waals surface area contributed by atoms with Crippen LogP contribution in [0.3, 0.4) is 0 Å². The van der Waals surface area contributed by atoms with Crippen molar-refractivity contribution in [3.63, 3.8) is 0 Å². The van der Waals surface area contributed by atoms with Gasteiger partial charge in [0.1, 0.15) is 0 Å². The molecule has 0 aliphatic carbocycles. The predicted molar refractivity (Wildman–Crippen MR) is 225 cm³/mol. The Balaban J connectivity index is 1.22. The number of benzene rings is 9. The molecule has 0 nitrogen and oxygen atoms in total. The number of rotatable bonds is 5. The summed E-state index contributed by atoms with van der Waals surface area (Å²) in [5.41, 5.74) is 13.7. The van der Waals surface area contributed by atoms with E-state index in [9.17, 15) is 0 Å². The summed E-state index contributed by atoms with van der Waals surface area (Å²) in [6.07, 6.45) is 0. The van der Waals surface area contributed by atoms with Crippen LogP contribution in [0.2, 0.25) is 0 Å². The van der Waals surface area contributed by atoms with Gasteiger partial charge >= 0.3 is 0 Å². The van der Waals surface area contributed by atoms with Crippen LogP contribution < -0.4 is 0 Å². The molecule has 0 heteroatoms. The second kappa shape index (κ2) is 12.8. The number of fused-ring (bicyclic) bond motifs is 3. The van der Waals surface area contributed by atoms with E-state index in [-0.39, 0.29) is 5.41 Å². The smallest absolute Gasteiger partial charge is 0.00260 e. The third kappa shape index (κ3) is 5.77. The first-order valence-corrected chi connectivity index (χ1v) is 18.3. The largest absolute Gasteiger partial charge is 0.0622 e. The zero-order chi connectivity index (χ0) is 35.2. The van der Waals surface area contributed by atoms with Crippen LogP contribution in [-0.4, -0.2) is 0 Å². The minimum absolute atomic E-state index is 0.0200. The summed E-state index contributed by atoms with van der Waals surface area (Å²) in [4.78, 5) is 0. The van der Waals surface area contributed by atoms with Crippen LogP contribution in [0.1, 0.15) is 26.3 Å². The van der Waals surface area contributed by atoms with Crippen LogP contribution in [-0.2, 0) is 5.41 Å². The van der Waals surface area contributed by atoms with Gasteiger partial charge in [-0.05, 0) is 129 Å². The third-order valence-electron chi connectivity index (χ3n) is 10.6. The maximum Gasteiger partial charge on any atom is -0.00260 e. The predicted octanol–water partition coefficient (Wildman–Crippen LogP) is 14.8. The molecule has 0 saturated heterocycles. The molecule has 0 radical (unpaired) electrons. The molecule has 52 heavy (non-hydrogen) atoms. The van der Waals surface area contributed by atoms with E-state index in [0.717, 1.165) is 0 Å². The Labute approximate surface area is 306 Å². The van der Waals surface area contributed by atoms with Gasteiger partial charge in [-0.25, -0.2) is 0 Å². The quantitative estimate of drug-likeness (QED) is 0.161. The number of hydrogen-bond donors (Lipinski definition) is 0. The molecule has 0 heterocycles. The van der Waals surface area contributed by atoms with Gasteiger partial charge in [-0.2, -0.15) is 0 Å². The number of hydrogen-bond acceptors (Lipinski definition) is 0. The summed E-state index contributed by atoms with van der Waals surface area (Å²) in [6.45, 7) is 6.92. The van der Waals surface area contributed by atoms with E-state index in [1.165, 1.54) is 93.5 Å². The van der Waals surface area contributed by atoms with Crippen LogP contribution in [0.4, 0.5) is 0 Å². The summed E-state index contributed by atoms with van der Waals surface area (Å²) in [5.74, 6) is 0. The Kier molecular flexibility index (Phi) is 7.82. The van der Waals surface area contributed by atoms with Crippen molar-refractivity contribution in [3.05, 3.63) is 194 Å². The van der Waals surface area contributed by atoms with Crippen molar-refractivity contribution >= 4 is 32.3 Å². The molecule has 0 aliphatic heterocycles. The standard InChI is InChI=1S/C52H40/c1-52(2,3)45-28-29-48-49(34-45)51(44-27-26-36-16-7-8-17-37(36)32-44)47-25-10-9-24-46(47)50(48)43-23-13-22-42(33-43)41-21-12-20-40(31-41)39-19-11-18-38(30-39)35-14-5-4-6-15-35/h4-34H,1-3H3. The van der Waals surface area contributed by atoms with E-state index < -0.39 is 0 Å². The van der Waals surface area contributed by atoms with Gasteiger partial charge < -0.3 is 0 Å². The molecule has 9 aromatic carbocycles. The lowest BCUT2D eigenvalue weighted by atomic mass is 9.81. The van der Waals surface area contributed by atoms with Crippen molar-refractivity contribution in [2.75, 3.05) is 0 Å². The van der Waals surface area contributed by atoms with Gasteiger partial charge in [-0.1, -0.05) is 178 Å². The molecule has 0 spiro atoms. The van der Waals surface area contributed by atoms with Crippen molar-refractivity contribution < 1.29 is 0 Å². The highest BCUT2D eigenvalue weighted by Gasteiger charge is 2.21. The summed E-state index contributed by atoms with van der Waals surface area (Å²) >= 11 is 0. The van der Waals surface area contributed by atoms with Crippen LogP contribution in [0.5, 0.6) is 0 Å². The highest BCUT2D eigenvalue weighted by Crippen LogP contribution is 2.46. The summed E-state index contributed by atoms with van der Waals surface area (Å²) < 4.78 is 0. The summed E-state index contributed by atoms with van der Waals surface area (Å²) in [7, 11) is 0. The van der Waals surface area contributed by atoms with E-state index in [1.54, 1.807) is 0 Å². The van der Waals surface area contributed by atoms with Gasteiger partial charge in [0.15, 0.2) is 0 Å². The fourth-order valence-electron chi connectivity index (χ4n) is 7.85. The SMILES string of the molecule is CC(C)(C)c1ccc2c(-c3cccc(-c4cccc(-c5cccc(-c6ccccc6)c5)c4)c3)c3ccccc3c(-c3ccc4ccccc4c3)c2c1. The molecule has 0 atom stereocenters. The molecular weight excluding hydrogens is 625 g/mol. The summed E-state index contributed by atoms with van der Waals surface area (Å²) in [5, 5.41) is 7.63. The Morgan fingerprint density at radius 3 is 1.33 bits per heavy atom. The maximum atomic E-state index is 2.45. The zero-order valence-electron chi connectivity index (χ0n) is 29.9. The van der Waals surface area contributed by atoms with Gasteiger partial charge in [-0.15, -0.1) is 0 Å². The Bertz CT molecular complexity index is 2760. The van der Waals surface area contributed by atoms with Crippen molar-refractivity contribution in [2.45, 2.75) is 26.2 Å². The topological polar surface area (TPSA) is 0 Å². The van der Waals surface area contributed by atoms with Gasteiger partial charge in [0.05, 0.1) is 0 Å². The molecule has 0 aliphatic rings. The van der Waals surface area contributed by atoms with Gasteiger partial charge in [0, 0.05) is 0 Å². The molecule has 0 aromatic heterocycles. The van der Waals surface area contributed by atoms with E-state index in [4.69, 9.17) is 0 Å². The molecule has 0 amide bonds. The fraction of sp³-hybridized carbons (Fsp3) is 0.0769. The first-order chi connectivity index (χ1) is 25.4. The van der Waals surface area contributed by atoms with Crippen LogP contribution in [0.15, 0.2) is 188 Å². The Morgan fingerprint density at radius 1 is 0.269 bits per heavy atom. The van der Waals surface area contributed by atoms with E-state index in [0.29, 0.717) is 0 Å². The first kappa shape index (κ1) is 31.7. The second-order valence-electron chi connectivity index (χ2n) is 15.0. The first-order valence-electron chi connectivity index (χ1n) is 18.3. The minimum atomic E-state index is 0.0200. The van der Waals surface area contributed by atoms with E-state index in [1.807, 2.05) is 0 Å². The lowest BCUT2D eigenvalue weighted by Gasteiger charge is -2.23. The summed E-state index contributed by atoms with van der Waals surface area (Å²) in [6, 6.07) is 69.3. The fourth-order valence-corrected chi connectivity index (χ4v) is 7.85. The van der Waals surface area contributed by atoms with Crippen LogP contribution in [0, 0.1) is 0 Å². The molecular formula is C52H40. The molecule has 248 valence electrons. The zero-order valence-corrected chi connectivity index (χ0v) is 29.9. The van der Waals surface area contributed by atoms with Crippen LogP contribution >= 0.6 is 0 Å². The van der Waals surface area contributed by atoms with Gasteiger partial charge in [-0.3, -0.25) is 0 Å². The molecule has 9 aromatic rings. The highest BCUT2D eigenvalue weighted by molar-refractivity contribution is 6.22. The van der Waals surface area contributed by atoms with Crippen molar-refractivity contribution in [3.8, 4) is 55.6 Å². The average Bonchev–Trinajstić information content (AvgIpc) is 3.19. The maximum absolute atomic E-state index is 2.45. The Morgan fingerprint density at radius 2 is 0.712 bits per heavy atom. The second-order valence-corrected chi connectivity index (χ2v) is 15.0. The molecule has 0 bridgehead atoms. The minimum Gasteiger partial charge on any atom is -0.0622 e. The highest BCUT2D eigenvalue weighted by atomic mass is 14.2. The molecule has 0 saturated carbocycles. The van der Waals surface area contributed by atoms with E-state index in [2.05, 4.69) is 209 Å². The monoisotopic (exact) mass is 664 g/mol. The molecule has 0 fully saturated rings. The third-order valence-corrected chi connectivity index (χ3v) is 10.6. The molecule has 0 unspecified atom stereocenters. The van der Waals surface area contributed by atoms with Crippen molar-refractivity contribution in [1.29, 1.82) is 0 Å². The normalized spacial score (nSPS) is 11.8. The lowest BCUT2D eigenvalue weighted by molar-refractivity contribution is 0.591. The lowest BCUT2D eigenvalue weighted by Crippen LogP contribution is -2.10. The average molecular weight is 665 g/mol.